The van der Waals surface area contributed by atoms with Crippen LogP contribution >= 0.6 is 11.6 Å². The second-order valence-electron chi connectivity index (χ2n) is 11.1. The number of nitrogens with zero attached hydrogens (tertiary/aromatic N) is 2. The third-order valence-electron chi connectivity index (χ3n) is 6.46. The summed E-state index contributed by atoms with van der Waals surface area (Å²) in [4.78, 5) is 36.2. The van der Waals surface area contributed by atoms with Gasteiger partial charge >= 0.3 is 12.1 Å². The predicted molar refractivity (Wildman–Crippen MR) is 166 cm³/mol. The first-order chi connectivity index (χ1) is 21.3. The van der Waals surface area contributed by atoms with Crippen LogP contribution in [0.15, 0.2) is 83.7 Å². The minimum absolute atomic E-state index is 0.0489. The zero-order valence-corrected chi connectivity index (χ0v) is 25.2. The van der Waals surface area contributed by atoms with Crippen molar-refractivity contribution in [3.63, 3.8) is 0 Å². The monoisotopic (exact) mass is 636 g/mol. The number of aromatic nitrogens is 3. The van der Waals surface area contributed by atoms with Gasteiger partial charge in [-0.3, -0.25) is 9.78 Å². The van der Waals surface area contributed by atoms with E-state index in [1.165, 1.54) is 0 Å². The number of rotatable bonds is 8. The molecular formula is C33H28ClF3N4O4. The molecule has 0 spiro atoms. The van der Waals surface area contributed by atoms with Crippen LogP contribution in [0, 0.1) is 0 Å². The Balaban J connectivity index is 1.44. The van der Waals surface area contributed by atoms with Gasteiger partial charge in [0.05, 0.1) is 17.6 Å². The molecule has 232 valence electrons. The number of carbonyl (C=O) groups excluding carboxylic acids is 1. The fraction of sp³-hybridized carbons (Fsp3) is 0.212. The van der Waals surface area contributed by atoms with Crippen molar-refractivity contribution in [2.75, 3.05) is 11.9 Å². The predicted octanol–water partition coefficient (Wildman–Crippen LogP) is 7.98. The maximum Gasteiger partial charge on any atom is 0.433 e. The van der Waals surface area contributed by atoms with E-state index in [1.54, 1.807) is 93.6 Å². The highest BCUT2D eigenvalue weighted by molar-refractivity contribution is 6.31. The van der Waals surface area contributed by atoms with Crippen molar-refractivity contribution in [3.05, 3.63) is 111 Å². The van der Waals surface area contributed by atoms with Gasteiger partial charge in [0.25, 0.3) is 5.56 Å². The molecule has 0 aliphatic rings. The topological polar surface area (TPSA) is 106 Å². The molecule has 5 aromatic rings. The van der Waals surface area contributed by atoms with Crippen molar-refractivity contribution < 1.29 is 27.4 Å². The Bertz CT molecular complexity index is 1920. The smallest absolute Gasteiger partial charge is 0.433 e. The Hall–Kier alpha value is -4.90. The lowest BCUT2D eigenvalue weighted by molar-refractivity contribution is -0.141. The lowest BCUT2D eigenvalue weighted by Crippen LogP contribution is -2.23. The number of para-hydroxylation sites is 1. The Morgan fingerprint density at radius 3 is 2.42 bits per heavy atom. The number of anilines is 2. The molecule has 0 saturated carbocycles. The molecular weight excluding hydrogens is 609 g/mol. The SMILES string of the molecule is CC(C)(C)OC(=O)c1cccc(-c2cc(Cl)ccc2OCCc2cc(C(F)(F)F)nc3nc(Nc4ccccc4)[nH]c(=O)c23)c1. The van der Waals surface area contributed by atoms with E-state index in [9.17, 15) is 22.8 Å². The van der Waals surface area contributed by atoms with Gasteiger partial charge in [-0.15, -0.1) is 0 Å². The Labute approximate surface area is 261 Å². The molecule has 3 aromatic carbocycles. The maximum atomic E-state index is 13.8. The van der Waals surface area contributed by atoms with Crippen LogP contribution in [0.2, 0.25) is 5.02 Å². The van der Waals surface area contributed by atoms with E-state index in [2.05, 4.69) is 20.3 Å². The summed E-state index contributed by atoms with van der Waals surface area (Å²) in [5, 5.41) is 3.21. The van der Waals surface area contributed by atoms with E-state index in [1.807, 2.05) is 0 Å². The Morgan fingerprint density at radius 2 is 1.71 bits per heavy atom. The fourth-order valence-corrected chi connectivity index (χ4v) is 4.72. The van der Waals surface area contributed by atoms with Crippen LogP contribution in [-0.2, 0) is 17.3 Å². The van der Waals surface area contributed by atoms with Crippen LogP contribution in [0.1, 0.15) is 42.4 Å². The van der Waals surface area contributed by atoms with Crippen molar-refractivity contribution in [1.82, 2.24) is 15.0 Å². The molecule has 2 heterocycles. The van der Waals surface area contributed by atoms with E-state index in [4.69, 9.17) is 21.1 Å². The lowest BCUT2D eigenvalue weighted by Gasteiger charge is -2.20. The third-order valence-corrected chi connectivity index (χ3v) is 6.70. The summed E-state index contributed by atoms with van der Waals surface area (Å²) >= 11 is 6.28. The molecule has 0 radical (unpaired) electrons. The molecule has 45 heavy (non-hydrogen) atoms. The second-order valence-corrected chi connectivity index (χ2v) is 11.5. The van der Waals surface area contributed by atoms with E-state index in [-0.39, 0.29) is 35.6 Å². The Kier molecular flexibility index (Phi) is 8.83. The molecule has 0 fully saturated rings. The lowest BCUT2D eigenvalue weighted by atomic mass is 10.0. The first kappa shape index (κ1) is 31.5. The molecule has 0 bridgehead atoms. The average Bonchev–Trinajstić information content (AvgIpc) is 2.97. The average molecular weight is 637 g/mol. The number of ether oxygens (including phenoxy) is 2. The van der Waals surface area contributed by atoms with Crippen LogP contribution < -0.4 is 15.6 Å². The molecule has 0 saturated heterocycles. The van der Waals surface area contributed by atoms with Gasteiger partial charge in [0.15, 0.2) is 5.65 Å². The first-order valence-electron chi connectivity index (χ1n) is 13.9. The van der Waals surface area contributed by atoms with E-state index in [0.29, 0.717) is 33.1 Å². The highest BCUT2D eigenvalue weighted by Gasteiger charge is 2.34. The van der Waals surface area contributed by atoms with Gasteiger partial charge in [-0.25, -0.2) is 9.78 Å². The number of halogens is 4. The van der Waals surface area contributed by atoms with Crippen molar-refractivity contribution in [1.29, 1.82) is 0 Å². The molecule has 2 aromatic heterocycles. The van der Waals surface area contributed by atoms with Gasteiger partial charge < -0.3 is 14.8 Å². The standard InChI is InChI=1S/C33H28ClF3N4O4/c1-32(2,3)45-30(43)21-9-7-8-19(16-21)24-18-22(34)12-13-25(24)44-15-14-20-17-26(33(35,36)37)39-28-27(20)29(42)41-31(40-28)38-23-10-5-4-6-11-23/h4-13,16-18H,14-15H2,1-3H3,(H2,38,39,40,41,42). The van der Waals surface area contributed by atoms with Gasteiger partial charge in [0, 0.05) is 22.7 Å². The second kappa shape index (κ2) is 12.6. The molecule has 2 N–H and O–H groups in total. The number of nitrogens with one attached hydrogen (secondary N) is 2. The number of hydrogen-bond donors (Lipinski definition) is 2. The number of benzene rings is 3. The van der Waals surface area contributed by atoms with Gasteiger partial charge in [0.1, 0.15) is 17.0 Å². The number of aromatic amines is 1. The van der Waals surface area contributed by atoms with Crippen molar-refractivity contribution >= 4 is 40.2 Å². The summed E-state index contributed by atoms with van der Waals surface area (Å²) in [6.45, 7) is 5.21. The van der Waals surface area contributed by atoms with E-state index < -0.39 is 29.0 Å². The zero-order chi connectivity index (χ0) is 32.4. The summed E-state index contributed by atoms with van der Waals surface area (Å²) in [7, 11) is 0. The largest absolute Gasteiger partial charge is 0.493 e. The zero-order valence-electron chi connectivity index (χ0n) is 24.5. The summed E-state index contributed by atoms with van der Waals surface area (Å²) in [6.07, 6.45) is -4.85. The van der Waals surface area contributed by atoms with Gasteiger partial charge in [-0.2, -0.15) is 18.2 Å². The number of alkyl halides is 3. The molecule has 0 aliphatic heterocycles. The van der Waals surface area contributed by atoms with Gasteiger partial charge in [-0.05, 0) is 80.4 Å². The van der Waals surface area contributed by atoms with Gasteiger partial charge in [0.2, 0.25) is 5.95 Å². The van der Waals surface area contributed by atoms with Crippen molar-refractivity contribution in [2.24, 2.45) is 0 Å². The third kappa shape index (κ3) is 7.79. The normalized spacial score (nSPS) is 11.8. The first-order valence-corrected chi connectivity index (χ1v) is 14.2. The quantitative estimate of drug-likeness (QED) is 0.166. The van der Waals surface area contributed by atoms with E-state index >= 15 is 0 Å². The number of esters is 1. The fourth-order valence-electron chi connectivity index (χ4n) is 4.55. The number of pyridine rings is 1. The summed E-state index contributed by atoms with van der Waals surface area (Å²) in [5.41, 5.74) is -0.732. The molecule has 0 atom stereocenters. The number of hydrogen-bond acceptors (Lipinski definition) is 7. The molecule has 5 rings (SSSR count). The molecule has 0 aliphatic carbocycles. The van der Waals surface area contributed by atoms with Crippen LogP contribution in [0.5, 0.6) is 5.75 Å². The molecule has 8 nitrogen and oxygen atoms in total. The molecule has 0 unspecified atom stereocenters. The van der Waals surface area contributed by atoms with Crippen molar-refractivity contribution in [3.8, 4) is 16.9 Å². The highest BCUT2D eigenvalue weighted by Crippen LogP contribution is 2.34. The summed E-state index contributed by atoms with van der Waals surface area (Å²) in [6, 6.07) is 21.2. The van der Waals surface area contributed by atoms with Crippen LogP contribution in [-0.4, -0.2) is 33.1 Å². The van der Waals surface area contributed by atoms with Crippen LogP contribution in [0.25, 0.3) is 22.2 Å². The van der Waals surface area contributed by atoms with Crippen LogP contribution in [0.4, 0.5) is 24.8 Å². The minimum atomic E-state index is -4.77. The number of H-pyrrole nitrogens is 1. The maximum absolute atomic E-state index is 13.8. The Morgan fingerprint density at radius 1 is 0.956 bits per heavy atom. The molecule has 0 amide bonds. The molecule has 12 heteroatoms. The van der Waals surface area contributed by atoms with Crippen LogP contribution in [0.3, 0.4) is 0 Å². The summed E-state index contributed by atoms with van der Waals surface area (Å²) < 4.78 is 53.0. The highest BCUT2D eigenvalue weighted by atomic mass is 35.5. The van der Waals surface area contributed by atoms with Crippen molar-refractivity contribution in [2.45, 2.75) is 39.0 Å². The minimum Gasteiger partial charge on any atom is -0.493 e. The van der Waals surface area contributed by atoms with Gasteiger partial charge in [-0.1, -0.05) is 41.9 Å². The van der Waals surface area contributed by atoms with E-state index in [0.717, 1.165) is 6.07 Å². The summed E-state index contributed by atoms with van der Waals surface area (Å²) in [5.74, 6) is -0.177. The number of fused-ring (bicyclic) bond motifs is 1. The number of carbonyl (C=O) groups is 1.